The van der Waals surface area contributed by atoms with Crippen LogP contribution in [0.1, 0.15) is 13.8 Å². The Morgan fingerprint density at radius 3 is 2.65 bits per heavy atom. The first-order valence-electron chi connectivity index (χ1n) is 5.18. The number of nitrogens with one attached hydrogen (secondary N) is 2. The zero-order chi connectivity index (χ0) is 12.8. The van der Waals surface area contributed by atoms with E-state index < -0.39 is 17.2 Å². The molecule has 1 aromatic rings. The summed E-state index contributed by atoms with van der Waals surface area (Å²) in [6.07, 6.45) is 0. The van der Waals surface area contributed by atoms with Crippen molar-refractivity contribution in [2.24, 2.45) is 0 Å². The predicted molar refractivity (Wildman–Crippen MR) is 60.0 cm³/mol. The molecular formula is C9H14N4O4. The summed E-state index contributed by atoms with van der Waals surface area (Å²) < 4.78 is 4.77. The van der Waals surface area contributed by atoms with E-state index in [2.05, 4.69) is 10.2 Å². The Kier molecular flexibility index (Phi) is 4.44. The Morgan fingerprint density at radius 2 is 2.12 bits per heavy atom. The van der Waals surface area contributed by atoms with Gasteiger partial charge in [-0.1, -0.05) is 0 Å². The van der Waals surface area contributed by atoms with Gasteiger partial charge in [-0.25, -0.2) is 9.89 Å². The van der Waals surface area contributed by atoms with Crippen LogP contribution in [0.25, 0.3) is 0 Å². The van der Waals surface area contributed by atoms with E-state index in [1.54, 1.807) is 13.8 Å². The molecule has 0 spiro atoms. The molecule has 0 fully saturated rings. The van der Waals surface area contributed by atoms with Gasteiger partial charge < -0.3 is 9.64 Å². The molecule has 8 heteroatoms. The normalized spacial score (nSPS) is 10.0. The van der Waals surface area contributed by atoms with Crippen molar-refractivity contribution in [3.8, 4) is 0 Å². The van der Waals surface area contributed by atoms with E-state index in [1.165, 1.54) is 4.90 Å². The Balaban J connectivity index is 2.90. The average Bonchev–Trinajstić information content (AvgIpc) is 2.27. The van der Waals surface area contributed by atoms with Crippen molar-refractivity contribution < 1.29 is 9.53 Å². The number of nitrogens with zero attached hydrogens (tertiary/aromatic N) is 2. The molecule has 1 rings (SSSR count). The number of likely N-dealkylation sites (N-methyl/N-ethyl adjacent to an activating group) is 1. The molecule has 0 saturated heterocycles. The third kappa shape index (κ3) is 3.44. The van der Waals surface area contributed by atoms with Gasteiger partial charge in [-0.15, -0.1) is 5.10 Å². The first-order valence-corrected chi connectivity index (χ1v) is 5.18. The SMILES string of the molecule is CCOC(=O)CN(CC)c1n[nH]c(=O)[nH]c1=O. The van der Waals surface area contributed by atoms with Crippen LogP contribution < -0.4 is 16.1 Å². The minimum absolute atomic E-state index is 0.0137. The van der Waals surface area contributed by atoms with Crippen molar-refractivity contribution >= 4 is 11.8 Å². The smallest absolute Gasteiger partial charge is 0.342 e. The number of H-pyrrole nitrogens is 2. The van der Waals surface area contributed by atoms with Gasteiger partial charge in [-0.2, -0.15) is 0 Å². The number of anilines is 1. The van der Waals surface area contributed by atoms with E-state index in [0.717, 1.165) is 0 Å². The fourth-order valence-electron chi connectivity index (χ4n) is 1.25. The van der Waals surface area contributed by atoms with Gasteiger partial charge in [0.15, 0.2) is 0 Å². The summed E-state index contributed by atoms with van der Waals surface area (Å²) in [5, 5.41) is 5.70. The second-order valence-corrected chi connectivity index (χ2v) is 3.15. The third-order valence-corrected chi connectivity index (χ3v) is 2.00. The molecule has 0 aliphatic rings. The summed E-state index contributed by atoms with van der Waals surface area (Å²) in [7, 11) is 0. The lowest BCUT2D eigenvalue weighted by Crippen LogP contribution is -2.38. The van der Waals surface area contributed by atoms with Gasteiger partial charge in [0.25, 0.3) is 5.56 Å². The summed E-state index contributed by atoms with van der Waals surface area (Å²) in [4.78, 5) is 37.0. The highest BCUT2D eigenvalue weighted by molar-refractivity contribution is 5.75. The number of ether oxygens (including phenoxy) is 1. The van der Waals surface area contributed by atoms with Crippen LogP contribution in [0.15, 0.2) is 9.59 Å². The van der Waals surface area contributed by atoms with E-state index in [9.17, 15) is 14.4 Å². The number of aromatic nitrogens is 3. The minimum Gasteiger partial charge on any atom is -0.465 e. The summed E-state index contributed by atoms with van der Waals surface area (Å²) in [5.74, 6) is -0.470. The van der Waals surface area contributed by atoms with Crippen LogP contribution in [-0.2, 0) is 9.53 Å². The number of rotatable bonds is 5. The largest absolute Gasteiger partial charge is 0.465 e. The third-order valence-electron chi connectivity index (χ3n) is 2.00. The lowest BCUT2D eigenvalue weighted by molar-refractivity contribution is -0.141. The number of carbonyl (C=O) groups is 1. The Morgan fingerprint density at radius 1 is 1.41 bits per heavy atom. The van der Waals surface area contributed by atoms with E-state index >= 15 is 0 Å². The Labute approximate surface area is 96.6 Å². The van der Waals surface area contributed by atoms with Gasteiger partial charge in [-0.05, 0) is 13.8 Å². The van der Waals surface area contributed by atoms with Crippen LogP contribution in [-0.4, -0.2) is 40.8 Å². The van der Waals surface area contributed by atoms with E-state index in [-0.39, 0.29) is 19.0 Å². The maximum atomic E-state index is 11.4. The van der Waals surface area contributed by atoms with Gasteiger partial charge in [0.05, 0.1) is 6.61 Å². The van der Waals surface area contributed by atoms with Gasteiger partial charge >= 0.3 is 11.7 Å². The first kappa shape index (κ1) is 12.9. The summed E-state index contributed by atoms with van der Waals surface area (Å²) in [6, 6.07) is 0. The van der Waals surface area contributed by atoms with Gasteiger partial charge in [0.2, 0.25) is 5.82 Å². The molecular weight excluding hydrogens is 228 g/mol. The second-order valence-electron chi connectivity index (χ2n) is 3.15. The highest BCUT2D eigenvalue weighted by atomic mass is 16.5. The van der Waals surface area contributed by atoms with Crippen molar-refractivity contribution in [3.63, 3.8) is 0 Å². The maximum Gasteiger partial charge on any atom is 0.342 e. The Bertz CT molecular complexity index is 492. The fourth-order valence-corrected chi connectivity index (χ4v) is 1.25. The number of hydrogen-bond acceptors (Lipinski definition) is 6. The second kappa shape index (κ2) is 5.83. The minimum atomic E-state index is -0.689. The molecule has 17 heavy (non-hydrogen) atoms. The lowest BCUT2D eigenvalue weighted by atomic mass is 10.4. The fraction of sp³-hybridized carbons (Fsp3) is 0.556. The summed E-state index contributed by atoms with van der Waals surface area (Å²) >= 11 is 0. The predicted octanol–water partition coefficient (Wildman–Crippen LogP) is -1.15. The zero-order valence-corrected chi connectivity index (χ0v) is 9.65. The molecule has 0 bridgehead atoms. The molecule has 2 N–H and O–H groups in total. The van der Waals surface area contributed by atoms with Crippen molar-refractivity contribution in [2.45, 2.75) is 13.8 Å². The van der Waals surface area contributed by atoms with Crippen LogP contribution in [0.4, 0.5) is 5.82 Å². The number of hydrogen-bond donors (Lipinski definition) is 2. The molecule has 0 unspecified atom stereocenters. The topological polar surface area (TPSA) is 108 Å². The van der Waals surface area contributed by atoms with E-state index in [1.807, 2.05) is 4.98 Å². The van der Waals surface area contributed by atoms with Crippen LogP contribution >= 0.6 is 0 Å². The van der Waals surface area contributed by atoms with Crippen molar-refractivity contribution in [2.75, 3.05) is 24.6 Å². The van der Waals surface area contributed by atoms with Crippen LogP contribution in [0.5, 0.6) is 0 Å². The molecule has 1 aromatic heterocycles. The quantitative estimate of drug-likeness (QED) is 0.631. The molecule has 0 saturated carbocycles. The highest BCUT2D eigenvalue weighted by Crippen LogP contribution is 2.00. The lowest BCUT2D eigenvalue weighted by Gasteiger charge is -2.18. The van der Waals surface area contributed by atoms with Crippen LogP contribution in [0, 0.1) is 0 Å². The van der Waals surface area contributed by atoms with E-state index in [0.29, 0.717) is 6.54 Å². The molecule has 94 valence electrons. The monoisotopic (exact) mass is 242 g/mol. The standard InChI is InChI=1S/C9H14N4O4/c1-3-13(5-6(14)17-4-2)7-8(15)10-9(16)12-11-7/h3-5H2,1-2H3,(H2,10,12,15,16). The molecule has 0 amide bonds. The van der Waals surface area contributed by atoms with Crippen LogP contribution in [0.3, 0.4) is 0 Å². The molecule has 0 atom stereocenters. The molecule has 0 aliphatic carbocycles. The Hall–Kier alpha value is -2.12. The van der Waals surface area contributed by atoms with Crippen molar-refractivity contribution in [1.29, 1.82) is 0 Å². The zero-order valence-electron chi connectivity index (χ0n) is 9.65. The number of carbonyl (C=O) groups excluding carboxylic acids is 1. The molecule has 0 aromatic carbocycles. The van der Waals surface area contributed by atoms with Crippen molar-refractivity contribution in [1.82, 2.24) is 15.2 Å². The first-order chi connectivity index (χ1) is 8.08. The van der Waals surface area contributed by atoms with Gasteiger partial charge in [0, 0.05) is 6.54 Å². The van der Waals surface area contributed by atoms with Gasteiger partial charge in [0.1, 0.15) is 6.54 Å². The van der Waals surface area contributed by atoms with Gasteiger partial charge in [-0.3, -0.25) is 14.6 Å². The number of esters is 1. The average molecular weight is 242 g/mol. The molecule has 0 aliphatic heterocycles. The molecule has 1 heterocycles. The summed E-state index contributed by atoms with van der Waals surface area (Å²) in [5.41, 5.74) is -1.33. The molecule has 8 nitrogen and oxygen atoms in total. The molecule has 0 radical (unpaired) electrons. The number of aromatic amines is 2. The van der Waals surface area contributed by atoms with Crippen molar-refractivity contribution in [3.05, 3.63) is 20.8 Å². The van der Waals surface area contributed by atoms with Crippen LogP contribution in [0.2, 0.25) is 0 Å². The summed E-state index contributed by atoms with van der Waals surface area (Å²) in [6.45, 7) is 4.02. The maximum absolute atomic E-state index is 11.4. The highest BCUT2D eigenvalue weighted by Gasteiger charge is 2.15. The van der Waals surface area contributed by atoms with E-state index in [4.69, 9.17) is 4.74 Å².